The lowest BCUT2D eigenvalue weighted by Gasteiger charge is -2.19. The van der Waals surface area contributed by atoms with Gasteiger partial charge in [-0.15, -0.1) is 0 Å². The summed E-state index contributed by atoms with van der Waals surface area (Å²) in [6.07, 6.45) is 12.3. The zero-order valence-electron chi connectivity index (χ0n) is 15.8. The van der Waals surface area contributed by atoms with Crippen molar-refractivity contribution >= 4 is 8.25 Å². The van der Waals surface area contributed by atoms with Gasteiger partial charge in [0, 0.05) is 0 Å². The van der Waals surface area contributed by atoms with Crippen LogP contribution in [0.25, 0.3) is 0 Å². The maximum Gasteiger partial charge on any atom is 0.314 e. The van der Waals surface area contributed by atoms with E-state index in [1.165, 1.54) is 49.7 Å². The second-order valence-corrected chi connectivity index (χ2v) is 7.58. The molecule has 0 heterocycles. The third kappa shape index (κ3) is 11.6. The number of allylic oxidation sites excluding steroid dienone is 6. The van der Waals surface area contributed by atoms with Gasteiger partial charge in [-0.2, -0.15) is 0 Å². The number of hydrogen-bond acceptors (Lipinski definition) is 1. The summed E-state index contributed by atoms with van der Waals surface area (Å²) in [5, 5.41) is 0. The third-order valence-electron chi connectivity index (χ3n) is 4.67. The molecule has 0 aromatic heterocycles. The van der Waals surface area contributed by atoms with E-state index < -0.39 is 8.25 Å². The number of rotatable bonds is 2. The first-order valence-electron chi connectivity index (χ1n) is 8.67. The van der Waals surface area contributed by atoms with Crippen molar-refractivity contribution in [1.82, 2.24) is 0 Å². The SMILES string of the molecule is C=C(C)C1CC=C(C)CC1.C=C(C)C1CC=C(C)CC1.O=[PH](O)O. The van der Waals surface area contributed by atoms with E-state index in [1.807, 2.05) is 0 Å². The Morgan fingerprint density at radius 2 is 1.25 bits per heavy atom. The molecule has 0 radical (unpaired) electrons. The Labute approximate surface area is 148 Å². The molecule has 0 bridgehead atoms. The molecule has 24 heavy (non-hydrogen) atoms. The summed E-state index contributed by atoms with van der Waals surface area (Å²) in [5.74, 6) is 1.53. The molecule has 2 atom stereocenters. The molecule has 4 heteroatoms. The fraction of sp³-hybridized carbons (Fsp3) is 0.600. The van der Waals surface area contributed by atoms with Crippen molar-refractivity contribution < 1.29 is 14.4 Å². The Morgan fingerprint density at radius 3 is 1.42 bits per heavy atom. The maximum absolute atomic E-state index is 8.74. The first kappa shape index (κ1) is 23.1. The molecule has 0 aliphatic heterocycles. The van der Waals surface area contributed by atoms with Gasteiger partial charge in [-0.05, 0) is 78.1 Å². The molecule has 3 nitrogen and oxygen atoms in total. The van der Waals surface area contributed by atoms with Crippen molar-refractivity contribution in [2.24, 2.45) is 11.8 Å². The zero-order valence-corrected chi connectivity index (χ0v) is 16.8. The van der Waals surface area contributed by atoms with Crippen LogP contribution < -0.4 is 0 Å². The second-order valence-electron chi connectivity index (χ2n) is 7.02. The molecule has 2 aliphatic carbocycles. The summed E-state index contributed by atoms with van der Waals surface area (Å²) >= 11 is 0. The Morgan fingerprint density at radius 1 is 0.958 bits per heavy atom. The minimum atomic E-state index is -3.13. The van der Waals surface area contributed by atoms with Gasteiger partial charge >= 0.3 is 8.25 Å². The van der Waals surface area contributed by atoms with Gasteiger partial charge < -0.3 is 9.79 Å². The largest absolute Gasteiger partial charge is 0.326 e. The molecule has 0 amide bonds. The van der Waals surface area contributed by atoms with Crippen LogP contribution in [0.1, 0.15) is 66.2 Å². The Balaban J connectivity index is 0.000000363. The Hall–Kier alpha value is -0.890. The van der Waals surface area contributed by atoms with E-state index in [9.17, 15) is 0 Å². The van der Waals surface area contributed by atoms with E-state index in [4.69, 9.17) is 14.4 Å². The van der Waals surface area contributed by atoms with Gasteiger partial charge in [0.1, 0.15) is 0 Å². The summed E-state index contributed by atoms with van der Waals surface area (Å²) < 4.78 is 8.74. The van der Waals surface area contributed by atoms with E-state index in [0.717, 1.165) is 11.8 Å². The number of hydrogen-bond donors (Lipinski definition) is 2. The van der Waals surface area contributed by atoms with Crippen LogP contribution in [0, 0.1) is 11.8 Å². The summed E-state index contributed by atoms with van der Waals surface area (Å²) in [6, 6.07) is 0. The fourth-order valence-electron chi connectivity index (χ4n) is 2.83. The molecule has 2 rings (SSSR count). The topological polar surface area (TPSA) is 57.5 Å². The molecule has 2 N–H and O–H groups in total. The first-order valence-corrected chi connectivity index (χ1v) is 9.97. The average molecular weight is 354 g/mol. The highest BCUT2D eigenvalue weighted by Gasteiger charge is 2.12. The summed E-state index contributed by atoms with van der Waals surface area (Å²) in [5.41, 5.74) is 5.81. The highest BCUT2D eigenvalue weighted by Crippen LogP contribution is 2.28. The summed E-state index contributed by atoms with van der Waals surface area (Å²) in [6.45, 7) is 16.7. The average Bonchev–Trinajstić information content (AvgIpc) is 2.48. The molecule has 138 valence electrons. The van der Waals surface area contributed by atoms with Crippen LogP contribution in [0.5, 0.6) is 0 Å². The van der Waals surface area contributed by atoms with Crippen molar-refractivity contribution in [3.05, 3.63) is 47.6 Å². The quantitative estimate of drug-likeness (QED) is 0.474. The molecule has 2 aliphatic rings. The van der Waals surface area contributed by atoms with Crippen LogP contribution in [-0.4, -0.2) is 9.79 Å². The van der Waals surface area contributed by atoms with Crippen molar-refractivity contribution in [2.45, 2.75) is 66.2 Å². The highest BCUT2D eigenvalue weighted by atomic mass is 31.1. The zero-order chi connectivity index (χ0) is 18.7. The fourth-order valence-corrected chi connectivity index (χ4v) is 2.83. The second kappa shape index (κ2) is 12.5. The van der Waals surface area contributed by atoms with Crippen molar-refractivity contribution in [3.8, 4) is 0 Å². The van der Waals surface area contributed by atoms with Gasteiger partial charge in [0.25, 0.3) is 0 Å². The molecule has 0 saturated carbocycles. The highest BCUT2D eigenvalue weighted by molar-refractivity contribution is 7.30. The Kier molecular flexibility index (Phi) is 12.0. The minimum Gasteiger partial charge on any atom is -0.326 e. The third-order valence-corrected chi connectivity index (χ3v) is 4.67. The lowest BCUT2D eigenvalue weighted by Crippen LogP contribution is -2.04. The monoisotopic (exact) mass is 354 g/mol. The van der Waals surface area contributed by atoms with Crippen LogP contribution in [0.2, 0.25) is 0 Å². The normalized spacial score (nSPS) is 23.0. The van der Waals surface area contributed by atoms with E-state index >= 15 is 0 Å². The smallest absolute Gasteiger partial charge is 0.314 e. The molecular weight excluding hydrogens is 319 g/mol. The summed E-state index contributed by atoms with van der Waals surface area (Å²) in [4.78, 5) is 14.3. The van der Waals surface area contributed by atoms with Crippen LogP contribution >= 0.6 is 8.25 Å². The summed E-state index contributed by atoms with van der Waals surface area (Å²) in [7, 11) is -3.13. The van der Waals surface area contributed by atoms with Gasteiger partial charge in [0.05, 0.1) is 0 Å². The standard InChI is InChI=1S/2C10H16.H3O3P/c2*1-8(2)10-6-4-9(3)5-7-10;1-4(2)3/h2*4,10H,1,5-7H2,2-3H3;4H,(H2,1,2,3). The minimum absolute atomic E-state index is 0.767. The van der Waals surface area contributed by atoms with E-state index in [-0.39, 0.29) is 0 Å². The van der Waals surface area contributed by atoms with Crippen LogP contribution in [0.15, 0.2) is 47.6 Å². The molecular formula is C20H35O3P. The van der Waals surface area contributed by atoms with Gasteiger partial charge in [-0.1, -0.05) is 47.6 Å². The molecule has 0 spiro atoms. The maximum atomic E-state index is 8.74. The van der Waals surface area contributed by atoms with Gasteiger partial charge in [0.15, 0.2) is 0 Å². The van der Waals surface area contributed by atoms with Gasteiger partial charge in [-0.25, -0.2) is 0 Å². The van der Waals surface area contributed by atoms with E-state index in [0.29, 0.717) is 0 Å². The van der Waals surface area contributed by atoms with Gasteiger partial charge in [-0.3, -0.25) is 4.57 Å². The van der Waals surface area contributed by atoms with E-state index in [2.05, 4.69) is 53.0 Å². The first-order chi connectivity index (χ1) is 11.1. The van der Waals surface area contributed by atoms with E-state index in [1.54, 1.807) is 11.1 Å². The molecule has 0 saturated heterocycles. The predicted octanol–water partition coefficient (Wildman–Crippen LogP) is 5.98. The predicted molar refractivity (Wildman–Crippen MR) is 105 cm³/mol. The van der Waals surface area contributed by atoms with Crippen LogP contribution in [0.4, 0.5) is 0 Å². The van der Waals surface area contributed by atoms with Crippen molar-refractivity contribution in [3.63, 3.8) is 0 Å². The Bertz CT molecular complexity index is 459. The van der Waals surface area contributed by atoms with Crippen molar-refractivity contribution in [2.75, 3.05) is 0 Å². The van der Waals surface area contributed by atoms with Crippen LogP contribution in [-0.2, 0) is 4.57 Å². The van der Waals surface area contributed by atoms with Crippen molar-refractivity contribution in [1.29, 1.82) is 0 Å². The molecule has 0 fully saturated rings. The molecule has 0 aromatic carbocycles. The molecule has 2 unspecified atom stereocenters. The van der Waals surface area contributed by atoms with Gasteiger partial charge in [0.2, 0.25) is 0 Å². The lowest BCUT2D eigenvalue weighted by atomic mass is 9.86. The molecule has 0 aromatic rings. The lowest BCUT2D eigenvalue weighted by molar-refractivity contribution is 0.405. The van der Waals surface area contributed by atoms with Crippen LogP contribution in [0.3, 0.4) is 0 Å².